The molecule has 3 aliphatic rings. The lowest BCUT2D eigenvalue weighted by atomic mass is 9.93. The average molecular weight is 472 g/mol. The van der Waals surface area contributed by atoms with E-state index in [9.17, 15) is 19.2 Å². The summed E-state index contributed by atoms with van der Waals surface area (Å²) in [5.74, 6) is -1.37. The number of aromatic nitrogens is 1. The molecular weight excluding hydrogens is 438 g/mol. The summed E-state index contributed by atoms with van der Waals surface area (Å²) < 4.78 is 5.49. The lowest BCUT2D eigenvalue weighted by molar-refractivity contribution is -0.167. The molecule has 10 nitrogen and oxygen atoms in total. The topological polar surface area (TPSA) is 121 Å². The van der Waals surface area contributed by atoms with Crippen molar-refractivity contribution in [2.75, 3.05) is 31.1 Å². The number of likely N-dealkylation sites (tertiary alicyclic amines) is 1. The Balaban J connectivity index is 1.22. The van der Waals surface area contributed by atoms with Crippen LogP contribution in [0.25, 0.3) is 0 Å². The third-order valence-electron chi connectivity index (χ3n) is 6.52. The Morgan fingerprint density at radius 3 is 2.41 bits per heavy atom. The van der Waals surface area contributed by atoms with Gasteiger partial charge in [-0.15, -0.1) is 0 Å². The molecule has 0 aromatic carbocycles. The summed E-state index contributed by atoms with van der Waals surface area (Å²) in [6.07, 6.45) is 4.18. The second kappa shape index (κ2) is 9.69. The fraction of sp³-hybridized carbons (Fsp3) is 0.625. The molecule has 0 radical (unpaired) electrons. The maximum atomic E-state index is 12.4. The molecule has 4 heterocycles. The van der Waals surface area contributed by atoms with Crippen molar-refractivity contribution in [3.05, 3.63) is 24.0 Å². The Kier molecular flexibility index (Phi) is 6.88. The second-order valence-electron chi connectivity index (χ2n) is 10.3. The number of amides is 3. The van der Waals surface area contributed by atoms with Crippen LogP contribution in [0.1, 0.15) is 56.9 Å². The average Bonchev–Trinajstić information content (AvgIpc) is 2.74. The van der Waals surface area contributed by atoms with E-state index >= 15 is 0 Å². The minimum Gasteiger partial charge on any atom is -0.460 e. The molecule has 3 fully saturated rings. The third kappa shape index (κ3) is 5.72. The Labute approximate surface area is 199 Å². The Hall–Kier alpha value is -3.01. The summed E-state index contributed by atoms with van der Waals surface area (Å²) in [7, 11) is 0. The van der Waals surface area contributed by atoms with Crippen LogP contribution in [-0.2, 0) is 19.1 Å². The van der Waals surface area contributed by atoms with Crippen LogP contribution in [0.2, 0.25) is 0 Å². The number of hydrogen-bond acceptors (Lipinski definition) is 8. The van der Waals surface area contributed by atoms with E-state index in [1.165, 1.54) is 0 Å². The fourth-order valence-electron chi connectivity index (χ4n) is 4.61. The highest BCUT2D eigenvalue weighted by Gasteiger charge is 2.39. The monoisotopic (exact) mass is 471 g/mol. The highest BCUT2D eigenvalue weighted by molar-refractivity contribution is 6.03. The van der Waals surface area contributed by atoms with Crippen molar-refractivity contribution in [3.63, 3.8) is 0 Å². The number of hydrogen-bond donors (Lipinski definition) is 2. The quantitative estimate of drug-likeness (QED) is 0.479. The summed E-state index contributed by atoms with van der Waals surface area (Å²) >= 11 is 0. The summed E-state index contributed by atoms with van der Waals surface area (Å²) in [6, 6.07) is 3.27. The zero-order valence-corrected chi connectivity index (χ0v) is 20.0. The van der Waals surface area contributed by atoms with Crippen molar-refractivity contribution in [1.29, 1.82) is 0 Å². The number of rotatable bonds is 5. The zero-order chi connectivity index (χ0) is 24.5. The van der Waals surface area contributed by atoms with Crippen LogP contribution in [0.15, 0.2) is 18.3 Å². The summed E-state index contributed by atoms with van der Waals surface area (Å²) in [4.78, 5) is 56.6. The number of nitrogens with one attached hydrogen (secondary N) is 2. The van der Waals surface area contributed by atoms with Crippen molar-refractivity contribution < 1.29 is 23.9 Å². The number of anilines is 1. The van der Waals surface area contributed by atoms with Crippen LogP contribution in [0, 0.1) is 5.92 Å². The molecule has 34 heavy (non-hydrogen) atoms. The molecule has 0 aliphatic carbocycles. The van der Waals surface area contributed by atoms with Crippen LogP contribution in [0.4, 0.5) is 5.69 Å². The lowest BCUT2D eigenvalue weighted by Crippen LogP contribution is -2.58. The highest BCUT2D eigenvalue weighted by Crippen LogP contribution is 2.28. The molecule has 10 heteroatoms. The minimum atomic E-state index is -0.720. The normalized spacial score (nSPS) is 22.7. The van der Waals surface area contributed by atoms with Crippen molar-refractivity contribution in [1.82, 2.24) is 20.5 Å². The van der Waals surface area contributed by atoms with Gasteiger partial charge in [0.15, 0.2) is 0 Å². The van der Waals surface area contributed by atoms with Gasteiger partial charge in [-0.25, -0.2) is 4.98 Å². The third-order valence-corrected chi connectivity index (χ3v) is 6.52. The Morgan fingerprint density at radius 2 is 1.82 bits per heavy atom. The van der Waals surface area contributed by atoms with E-state index in [2.05, 4.69) is 25.4 Å². The maximum absolute atomic E-state index is 12.4. The largest absolute Gasteiger partial charge is 0.460 e. The summed E-state index contributed by atoms with van der Waals surface area (Å²) in [6.45, 7) is 8.95. The van der Waals surface area contributed by atoms with E-state index in [1.54, 1.807) is 12.3 Å². The molecule has 0 saturated carbocycles. The van der Waals surface area contributed by atoms with Crippen LogP contribution >= 0.6 is 0 Å². The van der Waals surface area contributed by atoms with Crippen molar-refractivity contribution in [2.24, 2.45) is 5.92 Å². The Bertz CT molecular complexity index is 943. The molecule has 1 aromatic rings. The molecular formula is C24H33N5O5. The number of pyridine rings is 1. The van der Waals surface area contributed by atoms with Crippen molar-refractivity contribution in [2.45, 2.75) is 64.1 Å². The molecule has 1 atom stereocenters. The lowest BCUT2D eigenvalue weighted by Gasteiger charge is -2.46. The summed E-state index contributed by atoms with van der Waals surface area (Å²) in [5.41, 5.74) is 0.737. The van der Waals surface area contributed by atoms with Gasteiger partial charge in [0.1, 0.15) is 17.3 Å². The van der Waals surface area contributed by atoms with Gasteiger partial charge in [0, 0.05) is 38.6 Å². The molecule has 1 unspecified atom stereocenters. The van der Waals surface area contributed by atoms with Crippen LogP contribution < -0.4 is 15.5 Å². The van der Waals surface area contributed by atoms with E-state index in [1.807, 2.05) is 26.8 Å². The van der Waals surface area contributed by atoms with Crippen molar-refractivity contribution in [3.8, 4) is 0 Å². The van der Waals surface area contributed by atoms with Gasteiger partial charge in [-0.2, -0.15) is 0 Å². The number of esters is 1. The standard InChI is InChI=1S/C24H33N5O5/c1-24(2,3)34-23(33)15-13-29(14-15)16-8-10-28(11-9-16)17-4-5-18(25-12-17)21(31)26-19-6-7-20(30)27-22(19)32/h4-5,12,15-16,19H,6-11,13-14H2,1-3H3,(H,26,31)(H,27,30,32). The Morgan fingerprint density at radius 1 is 1.12 bits per heavy atom. The molecule has 184 valence electrons. The van der Waals surface area contributed by atoms with Gasteiger partial charge in [0.25, 0.3) is 5.91 Å². The highest BCUT2D eigenvalue weighted by atomic mass is 16.6. The SMILES string of the molecule is CC(C)(C)OC(=O)C1CN(C2CCN(c3ccc(C(=O)NC4CCC(=O)NC4=O)nc3)CC2)C1. The van der Waals surface area contributed by atoms with Gasteiger partial charge in [-0.3, -0.25) is 29.4 Å². The van der Waals surface area contributed by atoms with E-state index < -0.39 is 23.5 Å². The molecule has 0 bridgehead atoms. The fourth-order valence-corrected chi connectivity index (χ4v) is 4.61. The van der Waals surface area contributed by atoms with Crippen LogP contribution in [0.3, 0.4) is 0 Å². The van der Waals surface area contributed by atoms with Gasteiger partial charge < -0.3 is 15.0 Å². The van der Waals surface area contributed by atoms with E-state index in [0.717, 1.165) is 44.7 Å². The predicted molar refractivity (Wildman–Crippen MR) is 124 cm³/mol. The number of ether oxygens (including phenoxy) is 1. The number of imide groups is 1. The zero-order valence-electron chi connectivity index (χ0n) is 20.0. The molecule has 4 rings (SSSR count). The van der Waals surface area contributed by atoms with E-state index in [0.29, 0.717) is 12.5 Å². The maximum Gasteiger partial charge on any atom is 0.312 e. The number of carbonyl (C=O) groups is 4. The summed E-state index contributed by atoms with van der Waals surface area (Å²) in [5, 5.41) is 4.87. The van der Waals surface area contributed by atoms with E-state index in [-0.39, 0.29) is 29.9 Å². The predicted octanol–water partition coefficient (Wildman–Crippen LogP) is 0.859. The molecule has 3 aliphatic heterocycles. The first-order chi connectivity index (χ1) is 16.1. The smallest absolute Gasteiger partial charge is 0.312 e. The minimum absolute atomic E-state index is 0.0275. The second-order valence-corrected chi connectivity index (χ2v) is 10.3. The first-order valence-electron chi connectivity index (χ1n) is 11.9. The van der Waals surface area contributed by atoms with Gasteiger partial charge in [0.2, 0.25) is 11.8 Å². The van der Waals surface area contributed by atoms with Gasteiger partial charge >= 0.3 is 5.97 Å². The van der Waals surface area contributed by atoms with Crippen molar-refractivity contribution >= 4 is 29.4 Å². The molecule has 2 N–H and O–H groups in total. The first kappa shape index (κ1) is 24.1. The molecule has 3 saturated heterocycles. The number of piperidine rings is 2. The first-order valence-corrected chi connectivity index (χ1v) is 11.9. The van der Waals surface area contributed by atoms with Crippen LogP contribution in [-0.4, -0.2) is 77.4 Å². The number of nitrogens with zero attached hydrogens (tertiary/aromatic N) is 3. The van der Waals surface area contributed by atoms with Gasteiger partial charge in [0.05, 0.1) is 17.8 Å². The van der Waals surface area contributed by atoms with Gasteiger partial charge in [-0.1, -0.05) is 0 Å². The van der Waals surface area contributed by atoms with E-state index in [4.69, 9.17) is 4.74 Å². The molecule has 1 aromatic heterocycles. The molecule has 3 amide bonds. The van der Waals surface area contributed by atoms with Crippen LogP contribution in [0.5, 0.6) is 0 Å². The molecule has 0 spiro atoms. The van der Waals surface area contributed by atoms with Gasteiger partial charge in [-0.05, 0) is 52.2 Å². The number of carbonyl (C=O) groups excluding carboxylic acids is 4.